The Labute approximate surface area is 205 Å². The molecule has 184 valence electrons. The zero-order valence-electron chi connectivity index (χ0n) is 19.7. The zero-order chi connectivity index (χ0) is 24.4. The molecule has 0 radical (unpaired) electrons. The van der Waals surface area contributed by atoms with Gasteiger partial charge in [-0.15, -0.1) is 0 Å². The SMILES string of the molecule is O=C(NC[C@@H]1C[C@@H]1C(=O)NCC1CCCCC1C(=O)O)OCC1c2ccccc2-c2ccccc21. The second-order valence-electron chi connectivity index (χ2n) is 10.0. The van der Waals surface area contributed by atoms with Crippen LogP contribution in [0.2, 0.25) is 0 Å². The molecule has 5 rings (SSSR count). The number of carbonyl (C=O) groups excluding carboxylic acids is 2. The van der Waals surface area contributed by atoms with E-state index >= 15 is 0 Å². The highest BCUT2D eigenvalue weighted by molar-refractivity contribution is 5.82. The number of rotatable bonds is 8. The predicted molar refractivity (Wildman–Crippen MR) is 131 cm³/mol. The van der Waals surface area contributed by atoms with Gasteiger partial charge < -0.3 is 20.5 Å². The number of aliphatic carboxylic acids is 1. The Bertz CT molecular complexity index is 1070. The minimum atomic E-state index is -0.763. The van der Waals surface area contributed by atoms with Gasteiger partial charge in [0.15, 0.2) is 0 Å². The molecule has 3 N–H and O–H groups in total. The van der Waals surface area contributed by atoms with Crippen molar-refractivity contribution in [2.24, 2.45) is 23.7 Å². The van der Waals surface area contributed by atoms with Crippen molar-refractivity contribution >= 4 is 18.0 Å². The molecule has 4 atom stereocenters. The molecule has 2 unspecified atom stereocenters. The number of carbonyl (C=O) groups is 3. The van der Waals surface area contributed by atoms with Crippen molar-refractivity contribution in [2.45, 2.75) is 38.0 Å². The molecular formula is C28H32N2O5. The topological polar surface area (TPSA) is 105 Å². The highest BCUT2D eigenvalue weighted by atomic mass is 16.5. The van der Waals surface area contributed by atoms with Crippen molar-refractivity contribution in [1.29, 1.82) is 0 Å². The Kier molecular flexibility index (Phi) is 6.75. The lowest BCUT2D eigenvalue weighted by Crippen LogP contribution is -2.38. The van der Waals surface area contributed by atoms with Crippen LogP contribution in [-0.2, 0) is 14.3 Å². The minimum Gasteiger partial charge on any atom is -0.481 e. The van der Waals surface area contributed by atoms with Crippen molar-refractivity contribution in [3.05, 3.63) is 59.7 Å². The molecule has 2 aromatic carbocycles. The number of ether oxygens (including phenoxy) is 1. The van der Waals surface area contributed by atoms with Crippen LogP contribution in [0.4, 0.5) is 4.79 Å². The van der Waals surface area contributed by atoms with Crippen molar-refractivity contribution in [3.8, 4) is 11.1 Å². The van der Waals surface area contributed by atoms with Crippen molar-refractivity contribution in [2.75, 3.05) is 19.7 Å². The van der Waals surface area contributed by atoms with Crippen LogP contribution >= 0.6 is 0 Å². The van der Waals surface area contributed by atoms with E-state index in [0.717, 1.165) is 25.7 Å². The van der Waals surface area contributed by atoms with Crippen LogP contribution in [0.1, 0.15) is 49.1 Å². The lowest BCUT2D eigenvalue weighted by atomic mass is 9.79. The summed E-state index contributed by atoms with van der Waals surface area (Å²) in [6, 6.07) is 16.4. The number of benzene rings is 2. The first kappa shape index (κ1) is 23.4. The van der Waals surface area contributed by atoms with E-state index in [1.165, 1.54) is 22.3 Å². The van der Waals surface area contributed by atoms with Crippen LogP contribution in [0.15, 0.2) is 48.5 Å². The molecule has 2 fully saturated rings. The Morgan fingerprint density at radius 3 is 2.14 bits per heavy atom. The number of carboxylic acids is 1. The first-order valence-electron chi connectivity index (χ1n) is 12.6. The molecule has 2 aromatic rings. The van der Waals surface area contributed by atoms with E-state index < -0.39 is 12.1 Å². The second kappa shape index (κ2) is 10.1. The molecule has 0 spiro atoms. The smallest absolute Gasteiger partial charge is 0.407 e. The van der Waals surface area contributed by atoms with Crippen LogP contribution < -0.4 is 10.6 Å². The molecule has 0 heterocycles. The number of nitrogens with one attached hydrogen (secondary N) is 2. The Balaban J connectivity index is 1.05. The summed E-state index contributed by atoms with van der Waals surface area (Å²) < 4.78 is 5.57. The summed E-state index contributed by atoms with van der Waals surface area (Å²) in [4.78, 5) is 36.3. The van der Waals surface area contributed by atoms with Crippen LogP contribution in [0.25, 0.3) is 11.1 Å². The van der Waals surface area contributed by atoms with E-state index in [2.05, 4.69) is 34.9 Å². The largest absolute Gasteiger partial charge is 0.481 e. The van der Waals surface area contributed by atoms with Crippen LogP contribution in [0.5, 0.6) is 0 Å². The summed E-state index contributed by atoms with van der Waals surface area (Å²) in [7, 11) is 0. The molecule has 3 aliphatic carbocycles. The van der Waals surface area contributed by atoms with E-state index in [-0.39, 0.29) is 42.1 Å². The number of fused-ring (bicyclic) bond motifs is 3. The molecule has 0 aliphatic heterocycles. The maximum absolute atomic E-state index is 12.5. The molecule has 7 heteroatoms. The first-order chi connectivity index (χ1) is 17.0. The molecule has 2 saturated carbocycles. The molecule has 2 amide bonds. The summed E-state index contributed by atoms with van der Waals surface area (Å²) in [5.41, 5.74) is 4.71. The predicted octanol–water partition coefficient (Wildman–Crippen LogP) is 4.17. The fourth-order valence-electron chi connectivity index (χ4n) is 5.80. The van der Waals surface area contributed by atoms with E-state index in [4.69, 9.17) is 4.74 Å². The van der Waals surface area contributed by atoms with E-state index in [0.29, 0.717) is 19.5 Å². The van der Waals surface area contributed by atoms with Gasteiger partial charge in [-0.1, -0.05) is 61.4 Å². The molecule has 0 saturated heterocycles. The second-order valence-corrected chi connectivity index (χ2v) is 10.0. The molecule has 7 nitrogen and oxygen atoms in total. The quantitative estimate of drug-likeness (QED) is 0.531. The van der Waals surface area contributed by atoms with Gasteiger partial charge in [0, 0.05) is 24.9 Å². The Morgan fingerprint density at radius 1 is 0.829 bits per heavy atom. The molecule has 3 aliphatic rings. The number of amides is 2. The third kappa shape index (κ3) is 5.04. The van der Waals surface area contributed by atoms with E-state index in [1.807, 2.05) is 24.3 Å². The lowest BCUT2D eigenvalue weighted by Gasteiger charge is -2.28. The Hall–Kier alpha value is -3.35. The third-order valence-corrected chi connectivity index (χ3v) is 7.88. The van der Waals surface area contributed by atoms with Crippen molar-refractivity contribution < 1.29 is 24.2 Å². The number of alkyl carbamates (subject to hydrolysis) is 1. The van der Waals surface area contributed by atoms with E-state index in [1.54, 1.807) is 0 Å². The highest BCUT2D eigenvalue weighted by Crippen LogP contribution is 2.44. The van der Waals surface area contributed by atoms with Gasteiger partial charge in [0.1, 0.15) is 6.61 Å². The number of hydrogen-bond donors (Lipinski definition) is 3. The summed E-state index contributed by atoms with van der Waals surface area (Å²) in [5, 5.41) is 15.2. The van der Waals surface area contributed by atoms with Crippen LogP contribution in [0.3, 0.4) is 0 Å². The number of carboxylic acid groups (broad SMARTS) is 1. The van der Waals surface area contributed by atoms with Gasteiger partial charge >= 0.3 is 12.1 Å². The standard InChI is InChI=1S/C28H32N2O5/c31-26(29-14-17-7-1-2-8-19(17)27(32)33)24-13-18(24)15-30-28(34)35-16-25-22-11-5-3-9-20(22)21-10-4-6-12-23(21)25/h3-6,9-12,17-19,24-25H,1-2,7-8,13-16H2,(H,29,31)(H,30,34)(H,32,33)/t17?,18-,19?,24-/m0/s1. The maximum Gasteiger partial charge on any atom is 0.407 e. The third-order valence-electron chi connectivity index (χ3n) is 7.88. The highest BCUT2D eigenvalue weighted by Gasteiger charge is 2.43. The molecule has 0 bridgehead atoms. The number of hydrogen-bond acceptors (Lipinski definition) is 4. The van der Waals surface area contributed by atoms with Gasteiger partial charge in [-0.3, -0.25) is 9.59 Å². The Morgan fingerprint density at radius 2 is 1.46 bits per heavy atom. The van der Waals surface area contributed by atoms with Gasteiger partial charge in [-0.05, 0) is 53.4 Å². The van der Waals surface area contributed by atoms with Crippen LogP contribution in [0, 0.1) is 23.7 Å². The first-order valence-corrected chi connectivity index (χ1v) is 12.6. The van der Waals surface area contributed by atoms with Gasteiger partial charge in [0.25, 0.3) is 0 Å². The zero-order valence-corrected chi connectivity index (χ0v) is 19.7. The fourth-order valence-corrected chi connectivity index (χ4v) is 5.80. The fraction of sp³-hybridized carbons (Fsp3) is 0.464. The monoisotopic (exact) mass is 476 g/mol. The minimum absolute atomic E-state index is 0.00125. The van der Waals surface area contributed by atoms with Crippen LogP contribution in [-0.4, -0.2) is 42.8 Å². The van der Waals surface area contributed by atoms with E-state index in [9.17, 15) is 19.5 Å². The molecular weight excluding hydrogens is 444 g/mol. The van der Waals surface area contributed by atoms with Crippen molar-refractivity contribution in [1.82, 2.24) is 10.6 Å². The van der Waals surface area contributed by atoms with Gasteiger partial charge in [-0.2, -0.15) is 0 Å². The lowest BCUT2D eigenvalue weighted by molar-refractivity contribution is -0.145. The summed E-state index contributed by atoms with van der Waals surface area (Å²) in [5.74, 6) is -1.19. The van der Waals surface area contributed by atoms with Gasteiger partial charge in [-0.25, -0.2) is 4.79 Å². The van der Waals surface area contributed by atoms with Crippen molar-refractivity contribution in [3.63, 3.8) is 0 Å². The maximum atomic E-state index is 12.5. The molecule has 0 aromatic heterocycles. The van der Waals surface area contributed by atoms with Gasteiger partial charge in [0.05, 0.1) is 5.92 Å². The average molecular weight is 477 g/mol. The summed E-state index contributed by atoms with van der Waals surface area (Å²) in [6.45, 7) is 1.08. The molecule has 35 heavy (non-hydrogen) atoms. The normalized spacial score (nSPS) is 24.7. The van der Waals surface area contributed by atoms with Gasteiger partial charge in [0.2, 0.25) is 5.91 Å². The summed E-state index contributed by atoms with van der Waals surface area (Å²) in [6.07, 6.45) is 3.74. The average Bonchev–Trinajstić information content (AvgIpc) is 3.60. The summed E-state index contributed by atoms with van der Waals surface area (Å²) >= 11 is 0.